The van der Waals surface area contributed by atoms with E-state index >= 15 is 0 Å². The fraction of sp³-hybridized carbons (Fsp3) is 0.476. The first-order valence-corrected chi connectivity index (χ1v) is 11.0. The standard InChI is InChI=1S/C21H27BrN6O2/c1-12(2)28-11-23-18-19(24-14-6-9-16(22)17(10-14)30-3)26-21(27-20(18)28)25-13-4-7-15(29)8-5-13/h6,9-13,15,29H,4-5,7-8H2,1-3H3,(H2,24,25,26,27). The first-order chi connectivity index (χ1) is 14.4. The molecule has 2 heterocycles. The van der Waals surface area contributed by atoms with Crippen LogP contribution in [0.4, 0.5) is 17.5 Å². The van der Waals surface area contributed by atoms with Crippen molar-refractivity contribution in [2.75, 3.05) is 17.7 Å². The molecule has 1 aliphatic carbocycles. The summed E-state index contributed by atoms with van der Waals surface area (Å²) in [6, 6.07) is 6.27. The molecule has 1 fully saturated rings. The van der Waals surface area contributed by atoms with Gasteiger partial charge in [0.15, 0.2) is 17.0 Å². The number of methoxy groups -OCH3 is 1. The Kier molecular flexibility index (Phi) is 6.10. The third-order valence-electron chi connectivity index (χ3n) is 5.42. The minimum atomic E-state index is -0.196. The lowest BCUT2D eigenvalue weighted by Crippen LogP contribution is -2.29. The Morgan fingerprint density at radius 3 is 2.67 bits per heavy atom. The van der Waals surface area contributed by atoms with Crippen molar-refractivity contribution in [1.29, 1.82) is 0 Å². The van der Waals surface area contributed by atoms with Crippen LogP contribution >= 0.6 is 15.9 Å². The molecule has 1 aliphatic rings. The van der Waals surface area contributed by atoms with Gasteiger partial charge in [0, 0.05) is 23.8 Å². The smallest absolute Gasteiger partial charge is 0.227 e. The highest BCUT2D eigenvalue weighted by molar-refractivity contribution is 9.10. The van der Waals surface area contributed by atoms with E-state index in [1.165, 1.54) is 0 Å². The molecule has 0 atom stereocenters. The molecule has 9 heteroatoms. The van der Waals surface area contributed by atoms with Crippen molar-refractivity contribution in [3.8, 4) is 5.75 Å². The van der Waals surface area contributed by atoms with E-state index in [0.29, 0.717) is 11.8 Å². The average molecular weight is 475 g/mol. The molecule has 0 saturated heterocycles. The van der Waals surface area contributed by atoms with Gasteiger partial charge in [-0.1, -0.05) is 0 Å². The number of halogens is 1. The maximum absolute atomic E-state index is 9.78. The fourth-order valence-corrected chi connectivity index (χ4v) is 4.13. The van der Waals surface area contributed by atoms with Crippen molar-refractivity contribution in [3.05, 3.63) is 29.0 Å². The number of ether oxygens (including phenoxy) is 1. The Hall–Kier alpha value is -2.39. The van der Waals surface area contributed by atoms with Crippen LogP contribution in [0.15, 0.2) is 29.0 Å². The fourth-order valence-electron chi connectivity index (χ4n) is 3.72. The van der Waals surface area contributed by atoms with Gasteiger partial charge in [0.2, 0.25) is 5.95 Å². The van der Waals surface area contributed by atoms with Gasteiger partial charge in [0.25, 0.3) is 0 Å². The normalized spacial score (nSPS) is 19.3. The largest absolute Gasteiger partial charge is 0.495 e. The Bertz CT molecular complexity index is 1030. The summed E-state index contributed by atoms with van der Waals surface area (Å²) in [5, 5.41) is 16.6. The molecule has 4 rings (SSSR count). The summed E-state index contributed by atoms with van der Waals surface area (Å²) in [5.41, 5.74) is 2.35. The molecule has 3 N–H and O–H groups in total. The summed E-state index contributed by atoms with van der Waals surface area (Å²) in [7, 11) is 1.64. The number of rotatable bonds is 6. The summed E-state index contributed by atoms with van der Waals surface area (Å²) in [4.78, 5) is 14.1. The summed E-state index contributed by atoms with van der Waals surface area (Å²) < 4.78 is 8.33. The van der Waals surface area contributed by atoms with E-state index in [2.05, 4.69) is 45.4 Å². The number of aliphatic hydroxyl groups excluding tert-OH is 1. The summed E-state index contributed by atoms with van der Waals surface area (Å²) in [5.74, 6) is 1.94. The molecule has 0 amide bonds. The number of hydrogen-bond donors (Lipinski definition) is 3. The van der Waals surface area contributed by atoms with Crippen molar-refractivity contribution in [2.45, 2.75) is 57.7 Å². The van der Waals surface area contributed by atoms with Gasteiger partial charge in [-0.2, -0.15) is 9.97 Å². The first-order valence-electron chi connectivity index (χ1n) is 10.2. The molecule has 0 aliphatic heterocycles. The molecule has 3 aromatic rings. The van der Waals surface area contributed by atoms with E-state index in [1.807, 2.05) is 22.8 Å². The zero-order valence-electron chi connectivity index (χ0n) is 17.4. The van der Waals surface area contributed by atoms with E-state index < -0.39 is 0 Å². The van der Waals surface area contributed by atoms with Gasteiger partial charge in [0.1, 0.15) is 5.75 Å². The van der Waals surface area contributed by atoms with Crippen LogP contribution < -0.4 is 15.4 Å². The van der Waals surface area contributed by atoms with Gasteiger partial charge in [0.05, 0.1) is 24.0 Å². The predicted octanol–water partition coefficient (Wildman–Crippen LogP) is 4.64. The van der Waals surface area contributed by atoms with E-state index in [0.717, 1.165) is 52.8 Å². The van der Waals surface area contributed by atoms with Crippen LogP contribution in [0.5, 0.6) is 5.75 Å². The van der Waals surface area contributed by atoms with Crippen LogP contribution in [0.25, 0.3) is 11.2 Å². The number of nitrogens with one attached hydrogen (secondary N) is 2. The highest BCUT2D eigenvalue weighted by Gasteiger charge is 2.22. The van der Waals surface area contributed by atoms with Crippen molar-refractivity contribution in [2.24, 2.45) is 0 Å². The van der Waals surface area contributed by atoms with Crippen molar-refractivity contribution >= 4 is 44.5 Å². The molecule has 0 bridgehead atoms. The molecule has 0 radical (unpaired) electrons. The molecule has 1 aromatic carbocycles. The molecular formula is C21H27BrN6O2. The Labute approximate surface area is 184 Å². The van der Waals surface area contributed by atoms with Crippen LogP contribution in [-0.4, -0.2) is 43.9 Å². The molecule has 2 aromatic heterocycles. The first kappa shape index (κ1) is 20.9. The lowest BCUT2D eigenvalue weighted by Gasteiger charge is -2.26. The highest BCUT2D eigenvalue weighted by Crippen LogP contribution is 2.32. The minimum absolute atomic E-state index is 0.196. The molecule has 160 valence electrons. The zero-order valence-corrected chi connectivity index (χ0v) is 19.0. The molecule has 0 spiro atoms. The third kappa shape index (κ3) is 4.37. The summed E-state index contributed by atoms with van der Waals surface area (Å²) in [6.45, 7) is 4.21. The third-order valence-corrected chi connectivity index (χ3v) is 6.08. The summed E-state index contributed by atoms with van der Waals surface area (Å²) >= 11 is 3.48. The number of imidazole rings is 1. The monoisotopic (exact) mass is 474 g/mol. The topological polar surface area (TPSA) is 97.1 Å². The Balaban J connectivity index is 1.70. The van der Waals surface area contributed by atoms with E-state index in [9.17, 15) is 5.11 Å². The van der Waals surface area contributed by atoms with Gasteiger partial charge in [-0.15, -0.1) is 0 Å². The van der Waals surface area contributed by atoms with Gasteiger partial charge in [-0.25, -0.2) is 4.98 Å². The maximum Gasteiger partial charge on any atom is 0.227 e. The van der Waals surface area contributed by atoms with E-state index in [1.54, 1.807) is 13.4 Å². The van der Waals surface area contributed by atoms with Crippen LogP contribution in [0, 0.1) is 0 Å². The van der Waals surface area contributed by atoms with Crippen LogP contribution in [0.3, 0.4) is 0 Å². The van der Waals surface area contributed by atoms with Gasteiger partial charge >= 0.3 is 0 Å². The SMILES string of the molecule is COc1cc(Nc2nc(NC3CCC(O)CC3)nc3c2ncn3C(C)C)ccc1Br. The number of aromatic nitrogens is 4. The van der Waals surface area contributed by atoms with Crippen LogP contribution in [0.2, 0.25) is 0 Å². The van der Waals surface area contributed by atoms with Crippen LogP contribution in [0.1, 0.15) is 45.6 Å². The van der Waals surface area contributed by atoms with E-state index in [4.69, 9.17) is 14.7 Å². The number of nitrogens with zero attached hydrogens (tertiary/aromatic N) is 4. The van der Waals surface area contributed by atoms with Crippen molar-refractivity contribution < 1.29 is 9.84 Å². The quantitative estimate of drug-likeness (QED) is 0.478. The Morgan fingerprint density at radius 2 is 1.97 bits per heavy atom. The minimum Gasteiger partial charge on any atom is -0.495 e. The van der Waals surface area contributed by atoms with Crippen molar-refractivity contribution in [1.82, 2.24) is 19.5 Å². The molecule has 1 saturated carbocycles. The van der Waals surface area contributed by atoms with E-state index in [-0.39, 0.29) is 18.2 Å². The number of fused-ring (bicyclic) bond motifs is 1. The van der Waals surface area contributed by atoms with Gasteiger partial charge in [-0.05, 0) is 67.6 Å². The van der Waals surface area contributed by atoms with Gasteiger partial charge < -0.3 is 25.0 Å². The lowest BCUT2D eigenvalue weighted by atomic mass is 9.93. The molecule has 30 heavy (non-hydrogen) atoms. The zero-order chi connectivity index (χ0) is 21.3. The molecule has 8 nitrogen and oxygen atoms in total. The number of anilines is 3. The second-order valence-corrected chi connectivity index (χ2v) is 8.79. The predicted molar refractivity (Wildman–Crippen MR) is 122 cm³/mol. The van der Waals surface area contributed by atoms with Crippen LogP contribution in [-0.2, 0) is 0 Å². The maximum atomic E-state index is 9.78. The van der Waals surface area contributed by atoms with Gasteiger partial charge in [-0.3, -0.25) is 0 Å². The lowest BCUT2D eigenvalue weighted by molar-refractivity contribution is 0.126. The molecule has 0 unspecified atom stereocenters. The second kappa shape index (κ2) is 8.77. The average Bonchev–Trinajstić information content (AvgIpc) is 3.16. The number of benzene rings is 1. The number of aliphatic hydroxyl groups is 1. The summed E-state index contributed by atoms with van der Waals surface area (Å²) in [6.07, 6.45) is 5.01. The Morgan fingerprint density at radius 1 is 1.20 bits per heavy atom. The number of hydrogen-bond acceptors (Lipinski definition) is 7. The van der Waals surface area contributed by atoms with Crippen molar-refractivity contribution in [3.63, 3.8) is 0 Å². The highest BCUT2D eigenvalue weighted by atomic mass is 79.9. The second-order valence-electron chi connectivity index (χ2n) is 7.94. The molecular weight excluding hydrogens is 448 g/mol.